The van der Waals surface area contributed by atoms with Crippen molar-refractivity contribution in [1.29, 1.82) is 0 Å². The fourth-order valence-corrected chi connectivity index (χ4v) is 5.68. The third-order valence-electron chi connectivity index (χ3n) is 5.28. The average Bonchev–Trinajstić information content (AvgIpc) is 3.05. The lowest BCUT2D eigenvalue weighted by Crippen LogP contribution is -2.68. The molecule has 0 N–H and O–H groups in total. The number of piperidine rings is 1. The molecule has 0 spiro atoms. The number of nitrogens with zero attached hydrogens (tertiary/aromatic N) is 4. The molecule has 134 valence electrons. The molecule has 2 unspecified atom stereocenters. The number of aromatic nitrogens is 2. The summed E-state index contributed by atoms with van der Waals surface area (Å²) in [6.45, 7) is 2.47. The summed E-state index contributed by atoms with van der Waals surface area (Å²) in [4.78, 5) is 15.1. The summed E-state index contributed by atoms with van der Waals surface area (Å²) in [5.41, 5.74) is 1.63. The molecule has 2 atom stereocenters. The number of anilines is 1. The van der Waals surface area contributed by atoms with Gasteiger partial charge in [0.15, 0.2) is 5.13 Å². The molecular formula is C19H19FN4S2. The van der Waals surface area contributed by atoms with E-state index in [0.29, 0.717) is 24.3 Å². The fraction of sp³-hybridized carbons (Fsp3) is 0.368. The van der Waals surface area contributed by atoms with Gasteiger partial charge in [-0.1, -0.05) is 11.3 Å². The second-order valence-corrected chi connectivity index (χ2v) is 8.80. The first kappa shape index (κ1) is 16.5. The summed E-state index contributed by atoms with van der Waals surface area (Å²) in [5, 5.41) is 1.13. The van der Waals surface area contributed by atoms with Crippen LogP contribution < -0.4 is 4.90 Å². The summed E-state index contributed by atoms with van der Waals surface area (Å²) in [6.07, 6.45) is 4.97. The van der Waals surface area contributed by atoms with Gasteiger partial charge < -0.3 is 4.90 Å². The second kappa shape index (κ2) is 6.48. The van der Waals surface area contributed by atoms with Crippen LogP contribution in [0, 0.1) is 5.82 Å². The van der Waals surface area contributed by atoms with Gasteiger partial charge in [-0.05, 0) is 43.0 Å². The van der Waals surface area contributed by atoms with Gasteiger partial charge in [0.25, 0.3) is 0 Å². The lowest BCUT2D eigenvalue weighted by molar-refractivity contribution is 0.106. The van der Waals surface area contributed by atoms with Crippen LogP contribution in [-0.2, 0) is 6.54 Å². The topological polar surface area (TPSA) is 32.3 Å². The standard InChI is InChI=1S/C19H19FN4S2/c1-25-14-4-5-16-18(8-14)26-19(22-16)24-12-7-13(24)10-23(9-12)11-17-15(20)3-2-6-21-17/h2-6,8,12-13H,7,9-11H2,1H3. The van der Waals surface area contributed by atoms with Gasteiger partial charge in [0.1, 0.15) is 5.82 Å². The third kappa shape index (κ3) is 2.78. The molecule has 0 saturated carbocycles. The van der Waals surface area contributed by atoms with E-state index >= 15 is 0 Å². The summed E-state index contributed by atoms with van der Waals surface area (Å²) in [7, 11) is 0. The molecule has 3 aliphatic heterocycles. The van der Waals surface area contributed by atoms with Crippen LogP contribution >= 0.6 is 23.1 Å². The van der Waals surface area contributed by atoms with Crippen LogP contribution in [0.1, 0.15) is 12.1 Å². The number of thioether (sulfide) groups is 1. The van der Waals surface area contributed by atoms with Gasteiger partial charge in [-0.2, -0.15) is 0 Å². The molecule has 0 amide bonds. The van der Waals surface area contributed by atoms with E-state index in [4.69, 9.17) is 4.98 Å². The molecule has 3 aliphatic rings. The van der Waals surface area contributed by atoms with E-state index in [0.717, 1.165) is 23.7 Å². The van der Waals surface area contributed by atoms with Crippen molar-refractivity contribution in [2.24, 2.45) is 0 Å². The van der Waals surface area contributed by atoms with Crippen molar-refractivity contribution in [3.63, 3.8) is 0 Å². The van der Waals surface area contributed by atoms with Gasteiger partial charge in [0.05, 0.1) is 15.9 Å². The highest BCUT2D eigenvalue weighted by atomic mass is 32.2. The van der Waals surface area contributed by atoms with Crippen LogP contribution in [-0.4, -0.2) is 46.3 Å². The van der Waals surface area contributed by atoms with Gasteiger partial charge in [0.2, 0.25) is 0 Å². The van der Waals surface area contributed by atoms with Crippen LogP contribution in [0.3, 0.4) is 0 Å². The number of fused-ring (bicyclic) bond motifs is 3. The molecule has 3 fully saturated rings. The maximum atomic E-state index is 13.9. The zero-order chi connectivity index (χ0) is 17.7. The first-order valence-corrected chi connectivity index (χ1v) is 10.8. The maximum Gasteiger partial charge on any atom is 0.187 e. The molecule has 4 nitrogen and oxygen atoms in total. The summed E-state index contributed by atoms with van der Waals surface area (Å²) >= 11 is 3.55. The van der Waals surface area contributed by atoms with Crippen LogP contribution in [0.2, 0.25) is 0 Å². The highest BCUT2D eigenvalue weighted by Gasteiger charge is 2.46. The van der Waals surface area contributed by atoms with Crippen LogP contribution in [0.4, 0.5) is 9.52 Å². The molecule has 7 heteroatoms. The number of rotatable bonds is 4. The number of thiazole rings is 1. The summed E-state index contributed by atoms with van der Waals surface area (Å²) < 4.78 is 15.1. The number of piperazine rings is 1. The van der Waals surface area contributed by atoms with Crippen molar-refractivity contribution in [3.8, 4) is 0 Å². The van der Waals surface area contributed by atoms with Crippen molar-refractivity contribution in [1.82, 2.24) is 14.9 Å². The minimum absolute atomic E-state index is 0.209. The summed E-state index contributed by atoms with van der Waals surface area (Å²) in [5.74, 6) is -0.209. The number of hydrogen-bond acceptors (Lipinski definition) is 6. The van der Waals surface area contributed by atoms with Crippen molar-refractivity contribution < 1.29 is 4.39 Å². The molecule has 5 heterocycles. The van der Waals surface area contributed by atoms with Gasteiger partial charge in [0, 0.05) is 42.8 Å². The van der Waals surface area contributed by atoms with E-state index in [2.05, 4.69) is 39.2 Å². The lowest BCUT2D eigenvalue weighted by Gasteiger charge is -2.56. The molecular weight excluding hydrogens is 367 g/mol. The van der Waals surface area contributed by atoms with E-state index in [1.165, 1.54) is 22.1 Å². The van der Waals surface area contributed by atoms with Crippen molar-refractivity contribution in [2.75, 3.05) is 24.2 Å². The van der Waals surface area contributed by atoms with Gasteiger partial charge in [-0.15, -0.1) is 11.8 Å². The van der Waals surface area contributed by atoms with Crippen LogP contribution in [0.15, 0.2) is 41.4 Å². The van der Waals surface area contributed by atoms with Crippen molar-refractivity contribution in [3.05, 3.63) is 48.0 Å². The quantitative estimate of drug-likeness (QED) is 0.633. The Bertz CT molecular complexity index is 948. The predicted molar refractivity (Wildman–Crippen MR) is 106 cm³/mol. The number of pyridine rings is 1. The smallest absolute Gasteiger partial charge is 0.187 e. The van der Waals surface area contributed by atoms with Crippen LogP contribution in [0.25, 0.3) is 10.2 Å². The van der Waals surface area contributed by atoms with Gasteiger partial charge >= 0.3 is 0 Å². The monoisotopic (exact) mass is 386 g/mol. The first-order chi connectivity index (χ1) is 12.7. The molecule has 0 aliphatic carbocycles. The minimum atomic E-state index is -0.209. The Kier molecular flexibility index (Phi) is 4.10. The van der Waals surface area contributed by atoms with E-state index in [9.17, 15) is 4.39 Å². The Labute approximate surface area is 160 Å². The molecule has 3 aromatic rings. The Morgan fingerprint density at radius 1 is 1.27 bits per heavy atom. The molecule has 2 bridgehead atoms. The number of hydrogen-bond donors (Lipinski definition) is 0. The normalized spacial score (nSPS) is 22.6. The largest absolute Gasteiger partial charge is 0.339 e. The second-order valence-electron chi connectivity index (χ2n) is 6.91. The van der Waals surface area contributed by atoms with Crippen LogP contribution in [0.5, 0.6) is 0 Å². The predicted octanol–water partition coefficient (Wildman–Crippen LogP) is 4.02. The zero-order valence-corrected chi connectivity index (χ0v) is 16.1. The number of halogens is 1. The average molecular weight is 387 g/mol. The highest BCUT2D eigenvalue weighted by molar-refractivity contribution is 7.98. The molecule has 6 rings (SSSR count). The molecule has 1 aromatic carbocycles. The zero-order valence-electron chi connectivity index (χ0n) is 14.4. The maximum absolute atomic E-state index is 13.9. The van der Waals surface area contributed by atoms with E-state index < -0.39 is 0 Å². The van der Waals surface area contributed by atoms with Gasteiger partial charge in [-0.25, -0.2) is 9.37 Å². The fourth-order valence-electron chi connectivity index (χ4n) is 4.02. The Morgan fingerprint density at radius 2 is 2.12 bits per heavy atom. The van der Waals surface area contributed by atoms with E-state index in [1.54, 1.807) is 35.4 Å². The Balaban J connectivity index is 1.32. The Morgan fingerprint density at radius 3 is 2.88 bits per heavy atom. The minimum Gasteiger partial charge on any atom is -0.339 e. The molecule has 2 aromatic heterocycles. The highest BCUT2D eigenvalue weighted by Crippen LogP contribution is 2.41. The number of benzene rings is 1. The van der Waals surface area contributed by atoms with Crippen molar-refractivity contribution >= 4 is 38.4 Å². The van der Waals surface area contributed by atoms with E-state index in [1.807, 2.05) is 0 Å². The molecule has 26 heavy (non-hydrogen) atoms. The summed E-state index contributed by atoms with van der Waals surface area (Å²) in [6, 6.07) is 10.6. The lowest BCUT2D eigenvalue weighted by atomic mass is 9.88. The SMILES string of the molecule is CSc1ccc2nc(N3C4CC3CN(Cc3ncccc3F)C4)sc2c1. The molecule has 0 radical (unpaired) electrons. The van der Waals surface area contributed by atoms with E-state index in [-0.39, 0.29) is 5.82 Å². The van der Waals surface area contributed by atoms with Gasteiger partial charge in [-0.3, -0.25) is 9.88 Å². The first-order valence-electron chi connectivity index (χ1n) is 8.76. The third-order valence-corrected chi connectivity index (χ3v) is 7.04. The Hall–Kier alpha value is -1.70. The van der Waals surface area contributed by atoms with Crippen molar-refractivity contribution in [2.45, 2.75) is 29.9 Å². The molecule has 3 saturated heterocycles.